The molecule has 23 aromatic carbocycles. The normalized spacial score (nSPS) is 12.0. The molecule has 0 radical (unpaired) electrons. The molecule has 6 heteroatoms. The highest BCUT2D eigenvalue weighted by Gasteiger charge is 2.28. The molecule has 642 valence electrons. The fraction of sp³-hybridized carbons (Fsp3) is 0. The van der Waals surface area contributed by atoms with Crippen LogP contribution in [0.5, 0.6) is 0 Å². The Bertz CT molecular complexity index is 10100. The van der Waals surface area contributed by atoms with Crippen LogP contribution in [0.1, 0.15) is 0 Å². The number of hydrogen-bond acceptors (Lipinski definition) is 6. The zero-order valence-corrected chi connectivity index (χ0v) is 75.0. The number of hydrogen-bond donors (Lipinski definition) is 0. The summed E-state index contributed by atoms with van der Waals surface area (Å²) in [6, 6.07) is 170. The minimum Gasteiger partial charge on any atom is -0.454 e. The van der Waals surface area contributed by atoms with Crippen LogP contribution in [0, 0.1) is 0 Å². The Morgan fingerprint density at radius 3 is 0.799 bits per heavy atom. The number of fused-ring (bicyclic) bond motifs is 19. The molecule has 0 aliphatic heterocycles. The van der Waals surface area contributed by atoms with Crippen molar-refractivity contribution in [2.75, 3.05) is 0 Å². The van der Waals surface area contributed by atoms with E-state index in [1.165, 1.54) is 131 Å². The predicted octanol–water partition coefficient (Wildman–Crippen LogP) is 37.1. The Hall–Kier alpha value is -18.5. The smallest absolute Gasteiger partial charge is 0.162 e. The molecule has 6 heterocycles. The van der Waals surface area contributed by atoms with Gasteiger partial charge < -0.3 is 13.3 Å². The van der Waals surface area contributed by atoms with Crippen LogP contribution >= 0.6 is 0 Å². The monoisotopic (exact) mass is 1760 g/mol. The lowest BCUT2D eigenvalue weighted by Gasteiger charge is -2.19. The molecule has 0 unspecified atom stereocenters. The Morgan fingerprint density at radius 1 is 0.129 bits per heavy atom. The molecule has 29 aromatic rings. The summed E-state index contributed by atoms with van der Waals surface area (Å²) in [7, 11) is 0. The van der Waals surface area contributed by atoms with E-state index in [9.17, 15) is 0 Å². The fourth-order valence-corrected chi connectivity index (χ4v) is 23.0. The van der Waals surface area contributed by atoms with Crippen molar-refractivity contribution < 1.29 is 13.3 Å². The lowest BCUT2D eigenvalue weighted by atomic mass is 9.84. The van der Waals surface area contributed by atoms with E-state index in [0.29, 0.717) is 5.58 Å². The zero-order chi connectivity index (χ0) is 91.0. The van der Waals surface area contributed by atoms with Gasteiger partial charge in [0.05, 0.1) is 16.6 Å². The number of furan rings is 3. The first-order valence-corrected chi connectivity index (χ1v) is 47.6. The highest BCUT2D eigenvalue weighted by atomic mass is 16.3. The summed E-state index contributed by atoms with van der Waals surface area (Å²) < 4.78 is 21.6. The van der Waals surface area contributed by atoms with Crippen LogP contribution in [0.25, 0.3) is 308 Å². The second kappa shape index (κ2) is 31.0. The van der Waals surface area contributed by atoms with Crippen LogP contribution in [0.2, 0.25) is 0 Å². The lowest BCUT2D eigenvalue weighted by molar-refractivity contribution is 0.669. The minimum atomic E-state index is 0.706. The van der Waals surface area contributed by atoms with Gasteiger partial charge in [0.25, 0.3) is 0 Å². The first kappa shape index (κ1) is 78.0. The van der Waals surface area contributed by atoms with E-state index in [4.69, 9.17) is 28.2 Å². The van der Waals surface area contributed by atoms with Gasteiger partial charge in [-0.25, -0.2) is 15.0 Å². The Kier molecular flexibility index (Phi) is 17.4. The van der Waals surface area contributed by atoms with Crippen LogP contribution in [0.15, 0.2) is 480 Å². The number of benzene rings is 23. The maximum atomic E-state index is 7.44. The summed E-state index contributed by atoms with van der Waals surface area (Å²) in [4.78, 5) is 16.7. The van der Waals surface area contributed by atoms with Gasteiger partial charge in [-0.05, 0) is 253 Å². The molecule has 0 aliphatic rings. The molecule has 29 rings (SSSR count). The summed E-state index contributed by atoms with van der Waals surface area (Å²) in [5.41, 5.74) is 36.1. The van der Waals surface area contributed by atoms with E-state index < -0.39 is 0 Å². The summed E-state index contributed by atoms with van der Waals surface area (Å²) >= 11 is 0. The Morgan fingerprint density at radius 2 is 0.381 bits per heavy atom. The third-order valence-electron chi connectivity index (χ3n) is 29.2. The van der Waals surface area contributed by atoms with E-state index in [1.54, 1.807) is 0 Å². The molecule has 0 saturated heterocycles. The molecular weight excluding hydrogens is 1690 g/mol. The molecule has 6 nitrogen and oxygen atoms in total. The van der Waals surface area contributed by atoms with Gasteiger partial charge in [-0.2, -0.15) is 0 Å². The van der Waals surface area contributed by atoms with Crippen molar-refractivity contribution in [3.63, 3.8) is 0 Å². The Labute approximate surface area is 797 Å². The fourth-order valence-electron chi connectivity index (χ4n) is 23.0. The first-order valence-electron chi connectivity index (χ1n) is 47.6. The van der Waals surface area contributed by atoms with Crippen LogP contribution in [0.4, 0.5) is 0 Å². The number of rotatable bonds is 12. The van der Waals surface area contributed by atoms with Crippen molar-refractivity contribution >= 4 is 174 Å². The molecule has 0 bridgehead atoms. The molecule has 0 saturated carbocycles. The molecule has 6 aromatic heterocycles. The average Bonchev–Trinajstić information content (AvgIpc) is 1.52. The van der Waals surface area contributed by atoms with Crippen LogP contribution in [-0.4, -0.2) is 15.0 Å². The largest absolute Gasteiger partial charge is 0.454 e. The van der Waals surface area contributed by atoms with Crippen LogP contribution in [0.3, 0.4) is 0 Å². The van der Waals surface area contributed by atoms with Crippen LogP contribution in [-0.2, 0) is 0 Å². The summed E-state index contributed by atoms with van der Waals surface area (Å²) in [6.07, 6.45) is 0. The molecule has 0 fully saturated rings. The quantitative estimate of drug-likeness (QED) is 0.113. The van der Waals surface area contributed by atoms with Gasteiger partial charge in [0.2, 0.25) is 0 Å². The maximum absolute atomic E-state index is 7.44. The van der Waals surface area contributed by atoms with Gasteiger partial charge >= 0.3 is 0 Å². The van der Waals surface area contributed by atoms with E-state index in [-0.39, 0.29) is 0 Å². The highest BCUT2D eigenvalue weighted by molar-refractivity contribution is 6.28. The first-order chi connectivity index (χ1) is 68.9. The average molecular weight is 1770 g/mol. The van der Waals surface area contributed by atoms with E-state index in [1.807, 2.05) is 12.1 Å². The van der Waals surface area contributed by atoms with Gasteiger partial charge in [-0.1, -0.05) is 406 Å². The SMILES string of the molecule is c1ccc(-c2c3ccccc3c(-c3ccc(-c4c5ccc(-c6ccc7c(c6)oc6c(-c8ccc(-c9c%10ccccc%10c(-c%10cccc%11ccccc%10%11)c%10ccccc9%10)cc8)c8ccc(-c9ccc%10c(c9)oc9c(-c%11ccc(-c%12ccc%13c(-c%14ccccc%14)c%14ccccc%14c(-c%14ccccc%14)c%13c%12)cc%11)c%11ccccc%11nc9%10)cc8nc67)cc5nc5c4oc4ccccc45)cc3)c3ccccc23)cc1. The minimum absolute atomic E-state index is 0.706. The highest BCUT2D eigenvalue weighted by Crippen LogP contribution is 2.53. The molecule has 0 N–H and O–H groups in total. The molecular formula is C133H77N3O3. The van der Waals surface area contributed by atoms with Crippen molar-refractivity contribution in [1.82, 2.24) is 15.0 Å². The lowest BCUT2D eigenvalue weighted by Crippen LogP contribution is -1.92. The van der Waals surface area contributed by atoms with E-state index >= 15 is 0 Å². The van der Waals surface area contributed by atoms with Gasteiger partial charge in [-0.3, -0.25) is 0 Å². The molecule has 0 amide bonds. The summed E-state index contributed by atoms with van der Waals surface area (Å²) in [5.74, 6) is 0. The standard InChI is InChI=1S/C133H77N3O3/c1-4-28-80(29-5-1)119-95-36-12-14-38-97(95)121(98-39-15-13-37-96(98)119)83-55-59-86(60-56-83)125-107-69-64-89(74-114(107)135-128-109-47-23-25-50-116(109)137-131(125)128)92-67-72-111-118(77-92)139-133-126(87-61-57-84(58-62-87)122-101-42-18-20-44-103(101)127(104-45-21-19-43-102(104)122)94-48-26-34-79-27-10-11-35-93(79)94)108-70-65-90(75-115(108)136-130(111)133)91-66-71-110-117(76-91)138-132-124(106-46-22-24-49-113(106)134-129(110)132)85-53-51-78(52-54-85)88-63-68-105-112(73-88)123(82-32-8-3-9-33-82)100-41-17-16-40-99(100)120(105)81-30-6-2-7-31-81/h1-77H. The number of pyridine rings is 3. The summed E-state index contributed by atoms with van der Waals surface area (Å²) in [5, 5.41) is 22.7. The second-order valence-corrected chi connectivity index (χ2v) is 36.8. The van der Waals surface area contributed by atoms with E-state index in [0.717, 1.165) is 171 Å². The Balaban J connectivity index is 0.561. The molecule has 0 aliphatic carbocycles. The summed E-state index contributed by atoms with van der Waals surface area (Å²) in [6.45, 7) is 0. The van der Waals surface area contributed by atoms with Gasteiger partial charge in [0.1, 0.15) is 33.3 Å². The number of aromatic nitrogens is 3. The second-order valence-electron chi connectivity index (χ2n) is 36.8. The molecule has 139 heavy (non-hydrogen) atoms. The van der Waals surface area contributed by atoms with Crippen molar-refractivity contribution in [2.45, 2.75) is 0 Å². The third-order valence-corrected chi connectivity index (χ3v) is 29.2. The van der Waals surface area contributed by atoms with Gasteiger partial charge in [-0.15, -0.1) is 0 Å². The molecule has 0 spiro atoms. The van der Waals surface area contributed by atoms with Gasteiger partial charge in [0, 0.05) is 49.0 Å². The number of nitrogens with zero attached hydrogens (tertiary/aromatic N) is 3. The topological polar surface area (TPSA) is 78.1 Å². The maximum Gasteiger partial charge on any atom is 0.162 e. The predicted molar refractivity (Wildman–Crippen MR) is 582 cm³/mol. The zero-order valence-electron chi connectivity index (χ0n) is 75.0. The van der Waals surface area contributed by atoms with Crippen molar-refractivity contribution in [2.24, 2.45) is 0 Å². The van der Waals surface area contributed by atoms with E-state index in [2.05, 4.69) is 455 Å². The van der Waals surface area contributed by atoms with Crippen molar-refractivity contribution in [1.29, 1.82) is 0 Å². The van der Waals surface area contributed by atoms with Crippen molar-refractivity contribution in [3.05, 3.63) is 467 Å². The number of para-hydroxylation sites is 2. The van der Waals surface area contributed by atoms with Crippen LogP contribution < -0.4 is 0 Å². The van der Waals surface area contributed by atoms with Crippen molar-refractivity contribution in [3.8, 4) is 134 Å². The molecule has 0 atom stereocenters. The van der Waals surface area contributed by atoms with Gasteiger partial charge in [0.15, 0.2) is 16.7 Å². The third kappa shape index (κ3) is 12.3.